The van der Waals surface area contributed by atoms with E-state index in [0.29, 0.717) is 5.57 Å². The van der Waals surface area contributed by atoms with Crippen molar-refractivity contribution in [3.63, 3.8) is 0 Å². The molecule has 0 spiro atoms. The van der Waals surface area contributed by atoms with E-state index in [-0.39, 0.29) is 28.6 Å². The van der Waals surface area contributed by atoms with E-state index in [1.165, 1.54) is 24.3 Å². The zero-order valence-electron chi connectivity index (χ0n) is 21.3. The van der Waals surface area contributed by atoms with Crippen molar-refractivity contribution in [2.45, 2.75) is 46.0 Å². The lowest BCUT2D eigenvalue weighted by atomic mass is 9.71. The molecule has 1 aromatic heterocycles. The molecule has 3 aromatic carbocycles. The number of rotatable bonds is 6. The molecule has 1 aliphatic carbocycles. The fourth-order valence-electron chi connectivity index (χ4n) is 5.99. The van der Waals surface area contributed by atoms with Crippen molar-refractivity contribution in [1.29, 1.82) is 0 Å². The first-order valence-corrected chi connectivity index (χ1v) is 15.2. The van der Waals surface area contributed by atoms with E-state index in [2.05, 4.69) is 37.3 Å². The monoisotopic (exact) mass is 533 g/mol. The van der Waals surface area contributed by atoms with Crippen LogP contribution in [0.3, 0.4) is 0 Å². The lowest BCUT2D eigenvalue weighted by Gasteiger charge is -2.34. The minimum absolute atomic E-state index is 0.00548. The fourth-order valence-corrected chi connectivity index (χ4v) is 11.1. The van der Waals surface area contributed by atoms with Gasteiger partial charge in [-0.05, 0) is 53.6 Å². The number of fused-ring (bicyclic) bond motifs is 1. The van der Waals surface area contributed by atoms with Crippen LogP contribution in [0.2, 0.25) is 0 Å². The highest BCUT2D eigenvalue weighted by Crippen LogP contribution is 2.56. The van der Waals surface area contributed by atoms with Gasteiger partial charge in [-0.1, -0.05) is 80.6 Å². The van der Waals surface area contributed by atoms with E-state index in [9.17, 15) is 16.8 Å². The van der Waals surface area contributed by atoms with Gasteiger partial charge in [0.15, 0.2) is 23.8 Å². The number of sulfone groups is 2. The molecule has 4 aromatic rings. The van der Waals surface area contributed by atoms with Crippen molar-refractivity contribution >= 4 is 30.6 Å². The molecule has 0 radical (unpaired) electrons. The Hall–Kier alpha value is -3.16. The molecule has 0 N–H and O–H groups in total. The van der Waals surface area contributed by atoms with Crippen LogP contribution in [0.4, 0.5) is 0 Å². The minimum Gasteiger partial charge on any atom is -0.350 e. The average molecular weight is 534 g/mol. The van der Waals surface area contributed by atoms with Crippen LogP contribution in [-0.4, -0.2) is 25.5 Å². The molecule has 0 saturated heterocycles. The lowest BCUT2D eigenvalue weighted by Crippen LogP contribution is -2.45. The molecule has 192 valence electrons. The maximum atomic E-state index is 14.3. The predicted molar refractivity (Wildman–Crippen MR) is 148 cm³/mol. The van der Waals surface area contributed by atoms with Crippen molar-refractivity contribution in [3.05, 3.63) is 109 Å². The van der Waals surface area contributed by atoms with Gasteiger partial charge < -0.3 is 4.57 Å². The smallest absolute Gasteiger partial charge is 0.199 e. The molecule has 1 atom stereocenters. The SMILES string of the molecule is C=C1CC(S(=O)(=O)c2ccccc2)(S(=O)(=O)c2ccccc2)C[C@H]1C(C)(C)c1cn(C)c2ccccc12. The zero-order chi connectivity index (χ0) is 26.6. The third kappa shape index (κ3) is 3.70. The summed E-state index contributed by atoms with van der Waals surface area (Å²) in [5.74, 6) is -0.379. The number of hydrogen-bond donors (Lipinski definition) is 0. The van der Waals surface area contributed by atoms with E-state index < -0.39 is 29.2 Å². The van der Waals surface area contributed by atoms with Crippen LogP contribution in [0.1, 0.15) is 32.3 Å². The van der Waals surface area contributed by atoms with Gasteiger partial charge >= 0.3 is 0 Å². The lowest BCUT2D eigenvalue weighted by molar-refractivity contribution is 0.368. The van der Waals surface area contributed by atoms with Crippen molar-refractivity contribution in [2.75, 3.05) is 0 Å². The summed E-state index contributed by atoms with van der Waals surface area (Å²) in [7, 11) is -6.63. The summed E-state index contributed by atoms with van der Waals surface area (Å²) >= 11 is 0. The molecule has 5 nitrogen and oxygen atoms in total. The van der Waals surface area contributed by atoms with Crippen LogP contribution in [0, 0.1) is 5.92 Å². The van der Waals surface area contributed by atoms with Crippen LogP contribution in [0.25, 0.3) is 10.9 Å². The van der Waals surface area contributed by atoms with Gasteiger partial charge in [0.05, 0.1) is 9.79 Å². The summed E-state index contributed by atoms with van der Waals surface area (Å²) in [6.07, 6.45) is 1.84. The molecule has 0 unspecified atom stereocenters. The fraction of sp³-hybridized carbons (Fsp3) is 0.267. The Balaban J connectivity index is 1.72. The van der Waals surface area contributed by atoms with Crippen molar-refractivity contribution in [3.8, 4) is 0 Å². The molecule has 0 aliphatic heterocycles. The second-order valence-electron chi connectivity index (χ2n) is 10.5. The van der Waals surface area contributed by atoms with E-state index in [1.54, 1.807) is 36.4 Å². The Kier molecular flexibility index (Phi) is 6.00. The number of hydrogen-bond acceptors (Lipinski definition) is 4. The van der Waals surface area contributed by atoms with Gasteiger partial charge in [-0.15, -0.1) is 0 Å². The zero-order valence-corrected chi connectivity index (χ0v) is 22.9. The third-order valence-electron chi connectivity index (χ3n) is 8.05. The summed E-state index contributed by atoms with van der Waals surface area (Å²) in [4.78, 5) is 0.0110. The van der Waals surface area contributed by atoms with Gasteiger partial charge in [-0.3, -0.25) is 0 Å². The normalized spacial score (nSPS) is 18.4. The van der Waals surface area contributed by atoms with Crippen LogP contribution in [-0.2, 0) is 32.1 Å². The molecular weight excluding hydrogens is 502 g/mol. The Morgan fingerprint density at radius 2 is 1.30 bits per heavy atom. The highest BCUT2D eigenvalue weighted by atomic mass is 32.3. The second-order valence-corrected chi connectivity index (χ2v) is 15.3. The van der Waals surface area contributed by atoms with Gasteiger partial charge in [0, 0.05) is 30.6 Å². The van der Waals surface area contributed by atoms with Crippen molar-refractivity contribution in [1.82, 2.24) is 4.57 Å². The molecular formula is C30H31NO4S2. The van der Waals surface area contributed by atoms with Crippen LogP contribution >= 0.6 is 0 Å². The molecule has 1 aliphatic rings. The van der Waals surface area contributed by atoms with E-state index in [4.69, 9.17) is 0 Å². The summed E-state index contributed by atoms with van der Waals surface area (Å²) in [6, 6.07) is 23.9. The van der Waals surface area contributed by atoms with Crippen LogP contribution < -0.4 is 0 Å². The number of aromatic nitrogens is 1. The largest absolute Gasteiger partial charge is 0.350 e. The minimum atomic E-state index is -4.31. The van der Waals surface area contributed by atoms with E-state index >= 15 is 0 Å². The highest BCUT2D eigenvalue weighted by Gasteiger charge is 2.63. The number of nitrogens with zero attached hydrogens (tertiary/aromatic N) is 1. The standard InChI is InChI=1S/C30H31NO4S2/c1-22-19-30(36(32,33)23-13-7-5-8-14-23,37(34,35)24-15-9-6-10-16-24)20-26(22)29(2,3)27-21-31(4)28-18-12-11-17-25(27)28/h5-18,21,26H,1,19-20H2,2-4H3/t26-/m1/s1. The number of benzene rings is 3. The number of para-hydroxylation sites is 1. The summed E-state index contributed by atoms with van der Waals surface area (Å²) in [6.45, 7) is 8.41. The Labute approximate surface area is 219 Å². The van der Waals surface area contributed by atoms with Crippen LogP contribution in [0.5, 0.6) is 0 Å². The van der Waals surface area contributed by atoms with Gasteiger partial charge in [-0.2, -0.15) is 0 Å². The highest BCUT2D eigenvalue weighted by molar-refractivity contribution is 8.10. The molecule has 37 heavy (non-hydrogen) atoms. The van der Waals surface area contributed by atoms with Gasteiger partial charge in [0.25, 0.3) is 0 Å². The van der Waals surface area contributed by atoms with Crippen LogP contribution in [0.15, 0.2) is 113 Å². The van der Waals surface area contributed by atoms with Gasteiger partial charge in [0.1, 0.15) is 0 Å². The first-order chi connectivity index (χ1) is 17.4. The number of aryl methyl sites for hydroxylation is 1. The van der Waals surface area contributed by atoms with Gasteiger partial charge in [0.2, 0.25) is 0 Å². The molecule has 7 heteroatoms. The third-order valence-corrected chi connectivity index (χ3v) is 13.7. The Bertz CT molecular complexity index is 1630. The molecule has 1 fully saturated rings. The van der Waals surface area contributed by atoms with E-state index in [0.717, 1.165) is 16.5 Å². The maximum Gasteiger partial charge on any atom is 0.199 e. The van der Waals surface area contributed by atoms with Crippen molar-refractivity contribution in [2.24, 2.45) is 13.0 Å². The Morgan fingerprint density at radius 3 is 1.84 bits per heavy atom. The second kappa shape index (κ2) is 8.71. The molecule has 1 saturated carbocycles. The summed E-state index contributed by atoms with van der Waals surface area (Å²) in [5, 5.41) is 1.07. The molecule has 1 heterocycles. The average Bonchev–Trinajstić information content (AvgIpc) is 3.45. The first kappa shape index (κ1) is 25.5. The molecule has 0 amide bonds. The topological polar surface area (TPSA) is 73.2 Å². The Morgan fingerprint density at radius 1 is 0.811 bits per heavy atom. The maximum absolute atomic E-state index is 14.3. The van der Waals surface area contributed by atoms with E-state index in [1.807, 2.05) is 25.2 Å². The summed E-state index contributed by atoms with van der Waals surface area (Å²) in [5.41, 5.74) is 2.17. The van der Waals surface area contributed by atoms with Gasteiger partial charge in [-0.25, -0.2) is 16.8 Å². The molecule has 0 bridgehead atoms. The summed E-state index contributed by atoms with van der Waals surface area (Å²) < 4.78 is 57.3. The molecule has 5 rings (SSSR count). The predicted octanol–water partition coefficient (Wildman–Crippen LogP) is 6.07. The quantitative estimate of drug-likeness (QED) is 0.282. The van der Waals surface area contributed by atoms with Crippen molar-refractivity contribution < 1.29 is 16.8 Å². The number of allylic oxidation sites excluding steroid dienone is 1. The first-order valence-electron chi connectivity index (χ1n) is 12.2.